The minimum absolute atomic E-state index is 0.355. The second-order valence-electron chi connectivity index (χ2n) is 7.34. The number of nitrogens with zero attached hydrogens (tertiary/aromatic N) is 3. The number of benzene rings is 1. The molecular weight excluding hydrogens is 417 g/mol. The first-order valence-corrected chi connectivity index (χ1v) is 10.7. The Balaban J connectivity index is 0.000000393. The van der Waals surface area contributed by atoms with Gasteiger partial charge in [-0.3, -0.25) is 4.39 Å². The molecule has 0 radical (unpaired) electrons. The van der Waals surface area contributed by atoms with E-state index in [1.807, 2.05) is 17.5 Å². The summed E-state index contributed by atoms with van der Waals surface area (Å²) in [5.74, 6) is 0. The van der Waals surface area contributed by atoms with Crippen LogP contribution in [0.1, 0.15) is 18.4 Å². The minimum atomic E-state index is -2.56. The van der Waals surface area contributed by atoms with Crippen molar-refractivity contribution < 1.29 is 22.7 Å². The topological polar surface area (TPSA) is 74.4 Å². The Bertz CT molecular complexity index is 955. The highest BCUT2D eigenvalue weighted by Crippen LogP contribution is 2.36. The molecule has 2 unspecified atom stereocenters. The molecule has 6 nitrogen and oxygen atoms in total. The highest BCUT2D eigenvalue weighted by atomic mass is 32.1. The number of nitrogens with one attached hydrogen (secondary N) is 1. The third-order valence-electron chi connectivity index (χ3n) is 5.27. The highest BCUT2D eigenvalue weighted by molar-refractivity contribution is 7.13. The Hall–Kier alpha value is -2.17. The van der Waals surface area contributed by atoms with Crippen LogP contribution in [0.3, 0.4) is 0 Å². The quantitative estimate of drug-likeness (QED) is 0.631. The zero-order chi connectivity index (χ0) is 21.1. The molecule has 2 aliphatic heterocycles. The van der Waals surface area contributed by atoms with Crippen LogP contribution in [0.5, 0.6) is 0 Å². The van der Waals surface area contributed by atoms with Crippen LogP contribution in [-0.4, -0.2) is 60.0 Å². The number of anilines is 1. The van der Waals surface area contributed by atoms with Crippen molar-refractivity contribution in [1.29, 1.82) is 0 Å². The zero-order valence-corrected chi connectivity index (χ0v) is 17.0. The molecule has 2 fully saturated rings. The van der Waals surface area contributed by atoms with Gasteiger partial charge in [-0.25, -0.2) is 13.8 Å². The maximum Gasteiger partial charge on any atom is 0.298 e. The van der Waals surface area contributed by atoms with Crippen molar-refractivity contribution in [2.75, 3.05) is 31.3 Å². The van der Waals surface area contributed by atoms with Crippen molar-refractivity contribution in [2.24, 2.45) is 0 Å². The van der Waals surface area contributed by atoms with Crippen molar-refractivity contribution in [2.45, 2.75) is 37.8 Å². The molecular formula is C20H23F3N4O2S. The average Bonchev–Trinajstić information content (AvgIpc) is 3.49. The lowest BCUT2D eigenvalue weighted by Gasteiger charge is -2.31. The lowest BCUT2D eigenvalue weighted by Crippen LogP contribution is -2.51. The van der Waals surface area contributed by atoms with Crippen LogP contribution in [-0.2, 0) is 6.42 Å². The van der Waals surface area contributed by atoms with Gasteiger partial charge in [-0.1, -0.05) is 6.07 Å². The predicted molar refractivity (Wildman–Crippen MR) is 110 cm³/mol. The number of oxazole rings is 1. The molecule has 0 aliphatic carbocycles. The van der Waals surface area contributed by atoms with Gasteiger partial charge in [-0.15, -0.1) is 11.3 Å². The highest BCUT2D eigenvalue weighted by Gasteiger charge is 2.34. The molecule has 2 atom stereocenters. The van der Waals surface area contributed by atoms with E-state index in [4.69, 9.17) is 14.5 Å². The Kier molecular flexibility index (Phi) is 6.55. The maximum absolute atomic E-state index is 13.0. The summed E-state index contributed by atoms with van der Waals surface area (Å²) in [6, 6.07) is 5.60. The van der Waals surface area contributed by atoms with Crippen molar-refractivity contribution >= 4 is 28.5 Å². The van der Waals surface area contributed by atoms with Crippen LogP contribution in [0.15, 0.2) is 28.1 Å². The number of aliphatic hydroxyl groups excluding tert-OH is 1. The van der Waals surface area contributed by atoms with Crippen molar-refractivity contribution in [3.8, 4) is 10.6 Å². The van der Waals surface area contributed by atoms with Gasteiger partial charge >= 0.3 is 0 Å². The lowest BCUT2D eigenvalue weighted by molar-refractivity contribution is 0.0700. The van der Waals surface area contributed by atoms with E-state index in [0.29, 0.717) is 24.5 Å². The number of piperazine rings is 1. The van der Waals surface area contributed by atoms with Crippen molar-refractivity contribution in [1.82, 2.24) is 15.3 Å². The van der Waals surface area contributed by atoms with Gasteiger partial charge in [-0.05, 0) is 24.5 Å². The molecule has 2 saturated heterocycles. The molecule has 2 aliphatic rings. The van der Waals surface area contributed by atoms with Crippen LogP contribution in [0.25, 0.3) is 21.7 Å². The number of rotatable bonds is 5. The van der Waals surface area contributed by atoms with Crippen molar-refractivity contribution in [3.05, 3.63) is 29.3 Å². The summed E-state index contributed by atoms with van der Waals surface area (Å²) in [6.07, 6.45) is 1.99. The third kappa shape index (κ3) is 4.45. The normalized spacial score (nSPS) is 20.6. The van der Waals surface area contributed by atoms with Crippen LogP contribution in [0, 0.1) is 0 Å². The number of aliphatic hydroxyl groups is 1. The van der Waals surface area contributed by atoms with E-state index in [-0.39, 0.29) is 0 Å². The lowest BCUT2D eigenvalue weighted by atomic mass is 10.1. The Labute approximate surface area is 175 Å². The first-order chi connectivity index (χ1) is 14.6. The summed E-state index contributed by atoms with van der Waals surface area (Å²) < 4.78 is 40.2. The fourth-order valence-corrected chi connectivity index (χ4v) is 4.62. The first-order valence-electron chi connectivity index (χ1n) is 9.87. The van der Waals surface area contributed by atoms with E-state index in [1.165, 1.54) is 12.8 Å². The SMILES string of the molecule is FCCc1ccc(-c2nccs2)c2oc(N3CC4CCC(C3)N4)nc12.OCC(F)F. The Morgan fingerprint density at radius 2 is 2.00 bits per heavy atom. The number of aromatic nitrogens is 2. The molecule has 162 valence electrons. The second-order valence-corrected chi connectivity index (χ2v) is 8.23. The van der Waals surface area contributed by atoms with Gasteiger partial charge in [0.05, 0.1) is 12.2 Å². The predicted octanol–water partition coefficient (Wildman–Crippen LogP) is 3.65. The smallest absolute Gasteiger partial charge is 0.298 e. The summed E-state index contributed by atoms with van der Waals surface area (Å²) >= 11 is 1.57. The molecule has 10 heteroatoms. The van der Waals surface area contributed by atoms with E-state index < -0.39 is 19.7 Å². The molecule has 5 rings (SSSR count). The standard InChI is InChI=1S/C18H19FN4OS.C2H4F2O/c19-6-5-11-1-4-14(17-20-7-8-25-17)16-15(11)22-18(24-16)23-9-12-2-3-13(10-23)21-12;3-2(4)1-5/h1,4,7-8,12-13,21H,2-3,5-6,9-10H2;2,5H,1H2. The van der Waals surface area contributed by atoms with Crippen LogP contribution in [0.4, 0.5) is 19.2 Å². The number of hydrogen-bond acceptors (Lipinski definition) is 7. The van der Waals surface area contributed by atoms with Crippen molar-refractivity contribution in [3.63, 3.8) is 0 Å². The van der Waals surface area contributed by atoms with Crippen LogP contribution < -0.4 is 10.2 Å². The van der Waals surface area contributed by atoms with Gasteiger partial charge in [0, 0.05) is 43.2 Å². The van der Waals surface area contributed by atoms with Gasteiger partial charge in [0.2, 0.25) is 0 Å². The van der Waals surface area contributed by atoms with Gasteiger partial charge in [-0.2, -0.15) is 4.98 Å². The summed E-state index contributed by atoms with van der Waals surface area (Å²) in [5.41, 5.74) is 3.32. The molecule has 2 bridgehead atoms. The molecule has 30 heavy (non-hydrogen) atoms. The number of hydrogen-bond donors (Lipinski definition) is 2. The molecule has 1 aromatic carbocycles. The summed E-state index contributed by atoms with van der Waals surface area (Å²) in [7, 11) is 0. The van der Waals surface area contributed by atoms with Crippen LogP contribution >= 0.6 is 11.3 Å². The van der Waals surface area contributed by atoms with Gasteiger partial charge in [0.25, 0.3) is 12.4 Å². The molecule has 0 amide bonds. The Morgan fingerprint density at radius 1 is 1.27 bits per heavy atom. The van der Waals surface area contributed by atoms with E-state index in [0.717, 1.165) is 40.3 Å². The van der Waals surface area contributed by atoms with E-state index >= 15 is 0 Å². The van der Waals surface area contributed by atoms with Gasteiger partial charge in [0.1, 0.15) is 17.1 Å². The fraction of sp³-hybridized carbons (Fsp3) is 0.500. The molecule has 4 heterocycles. The molecule has 0 saturated carbocycles. The number of alkyl halides is 3. The monoisotopic (exact) mass is 440 g/mol. The minimum Gasteiger partial charge on any atom is -0.423 e. The van der Waals surface area contributed by atoms with E-state index in [9.17, 15) is 13.2 Å². The summed E-state index contributed by atoms with van der Waals surface area (Å²) in [5, 5.41) is 13.9. The second kappa shape index (κ2) is 9.32. The summed E-state index contributed by atoms with van der Waals surface area (Å²) in [6.45, 7) is 0.397. The van der Waals surface area contributed by atoms with E-state index in [1.54, 1.807) is 17.5 Å². The fourth-order valence-electron chi connectivity index (χ4n) is 3.96. The van der Waals surface area contributed by atoms with Gasteiger partial charge < -0.3 is 19.7 Å². The van der Waals surface area contributed by atoms with E-state index in [2.05, 4.69) is 15.2 Å². The molecule has 2 aromatic heterocycles. The first kappa shape index (κ1) is 21.1. The largest absolute Gasteiger partial charge is 0.423 e. The Morgan fingerprint density at radius 3 is 2.60 bits per heavy atom. The average molecular weight is 440 g/mol. The third-order valence-corrected chi connectivity index (χ3v) is 6.07. The molecule has 2 N–H and O–H groups in total. The van der Waals surface area contributed by atoms with Gasteiger partial charge in [0.15, 0.2) is 5.58 Å². The van der Waals surface area contributed by atoms with Crippen LogP contribution in [0.2, 0.25) is 0 Å². The number of aryl methyl sites for hydroxylation is 1. The maximum atomic E-state index is 13.0. The summed E-state index contributed by atoms with van der Waals surface area (Å²) in [4.78, 5) is 11.4. The number of thiazole rings is 1. The molecule has 0 spiro atoms. The number of halogens is 3. The number of fused-ring (bicyclic) bond motifs is 3. The molecule has 3 aromatic rings. The zero-order valence-electron chi connectivity index (χ0n) is 16.2.